The van der Waals surface area contributed by atoms with Crippen LogP contribution in [0, 0.1) is 18.7 Å². The van der Waals surface area contributed by atoms with E-state index in [1.54, 1.807) is 0 Å². The van der Waals surface area contributed by atoms with Gasteiger partial charge in [0.15, 0.2) is 9.84 Å². The highest BCUT2D eigenvalue weighted by Crippen LogP contribution is 2.33. The quantitative estimate of drug-likeness (QED) is 0.596. The molecule has 0 aliphatic carbocycles. The Morgan fingerprint density at radius 3 is 2.56 bits per heavy atom. The van der Waals surface area contributed by atoms with Gasteiger partial charge in [0.05, 0.1) is 29.4 Å². The molecule has 2 bridgehead atoms. The van der Waals surface area contributed by atoms with Crippen molar-refractivity contribution >= 4 is 21.3 Å². The predicted octanol–water partition coefficient (Wildman–Crippen LogP) is 3.73. The Morgan fingerprint density at radius 2 is 1.94 bits per heavy atom. The van der Waals surface area contributed by atoms with Crippen molar-refractivity contribution in [3.63, 3.8) is 0 Å². The van der Waals surface area contributed by atoms with Gasteiger partial charge in [-0.15, -0.1) is 0 Å². The van der Waals surface area contributed by atoms with Gasteiger partial charge in [-0.2, -0.15) is 0 Å². The van der Waals surface area contributed by atoms with Crippen LogP contribution in [0.3, 0.4) is 0 Å². The minimum absolute atomic E-state index is 0.0152. The van der Waals surface area contributed by atoms with Crippen LogP contribution in [0.2, 0.25) is 0 Å². The summed E-state index contributed by atoms with van der Waals surface area (Å²) in [5, 5.41) is 2.94. The number of nitrogens with one attached hydrogen (secondary N) is 1. The zero-order valence-electron chi connectivity index (χ0n) is 20.1. The molecule has 1 N–H and O–H groups in total. The Kier molecular flexibility index (Phi) is 7.39. The Labute approximate surface area is 200 Å². The van der Waals surface area contributed by atoms with E-state index in [4.69, 9.17) is 9.47 Å². The van der Waals surface area contributed by atoms with Crippen molar-refractivity contribution in [1.29, 1.82) is 0 Å². The molecule has 0 radical (unpaired) electrons. The van der Waals surface area contributed by atoms with Gasteiger partial charge >= 0.3 is 0 Å². The summed E-state index contributed by atoms with van der Waals surface area (Å²) in [4.78, 5) is 11.1. The van der Waals surface area contributed by atoms with Crippen molar-refractivity contribution in [2.75, 3.05) is 31.3 Å². The monoisotopic (exact) mass is 492 g/mol. The van der Waals surface area contributed by atoms with Crippen molar-refractivity contribution in [1.82, 2.24) is 14.9 Å². The van der Waals surface area contributed by atoms with Crippen molar-refractivity contribution in [3.05, 3.63) is 35.9 Å². The summed E-state index contributed by atoms with van der Waals surface area (Å²) in [6, 6.07) is 4.42. The number of morpholine rings is 1. The van der Waals surface area contributed by atoms with Crippen LogP contribution in [-0.2, 0) is 14.6 Å². The molecule has 2 aromatic rings. The van der Waals surface area contributed by atoms with Crippen LogP contribution in [-0.4, -0.2) is 67.5 Å². The van der Waals surface area contributed by atoms with Gasteiger partial charge in [0, 0.05) is 31.2 Å². The van der Waals surface area contributed by atoms with Crippen LogP contribution in [0.1, 0.15) is 38.7 Å². The fraction of sp³-hybridized carbons (Fsp3) is 0.583. The van der Waals surface area contributed by atoms with E-state index in [2.05, 4.69) is 34.0 Å². The van der Waals surface area contributed by atoms with Gasteiger partial charge in [0.25, 0.3) is 0 Å². The van der Waals surface area contributed by atoms with Crippen LogP contribution in [0.25, 0.3) is 0 Å². The van der Waals surface area contributed by atoms with Crippen molar-refractivity contribution in [2.24, 2.45) is 5.92 Å². The van der Waals surface area contributed by atoms with Crippen LogP contribution in [0.5, 0.6) is 5.88 Å². The second kappa shape index (κ2) is 10.1. The second-order valence-electron chi connectivity index (χ2n) is 9.67. The molecule has 3 atom stereocenters. The summed E-state index contributed by atoms with van der Waals surface area (Å²) in [5.41, 5.74) is 0.794. The minimum atomic E-state index is -3.49. The molecule has 34 heavy (non-hydrogen) atoms. The normalized spacial score (nSPS) is 23.2. The van der Waals surface area contributed by atoms with Crippen LogP contribution in [0.4, 0.5) is 15.9 Å². The lowest BCUT2D eigenvalue weighted by atomic mass is 9.91. The number of fused-ring (bicyclic) bond motifs is 2. The molecule has 0 saturated carbocycles. The third-order valence-corrected chi connectivity index (χ3v) is 7.64. The number of ether oxygens (including phenoxy) is 2. The fourth-order valence-electron chi connectivity index (χ4n) is 4.60. The molecule has 4 rings (SSSR count). The fourth-order valence-corrected chi connectivity index (χ4v) is 5.23. The van der Waals surface area contributed by atoms with E-state index in [9.17, 15) is 12.8 Å². The minimum Gasteiger partial charge on any atom is -0.474 e. The number of sulfone groups is 1. The van der Waals surface area contributed by atoms with Gasteiger partial charge in [-0.1, -0.05) is 13.8 Å². The SMILES string of the molecule is Cc1c(Nc2ccc(S(C)(=O)=O)cc2F)ncnc1OC1CC2COC[C@@H](C1)N2CCC(C)C. The molecular weight excluding hydrogens is 459 g/mol. The third-order valence-electron chi connectivity index (χ3n) is 6.53. The highest BCUT2D eigenvalue weighted by molar-refractivity contribution is 7.90. The molecule has 2 saturated heterocycles. The van der Waals surface area contributed by atoms with Crippen molar-refractivity contribution in [3.8, 4) is 5.88 Å². The van der Waals surface area contributed by atoms with Gasteiger partial charge in [-0.25, -0.2) is 22.8 Å². The lowest BCUT2D eigenvalue weighted by Crippen LogP contribution is -2.59. The molecule has 1 aromatic heterocycles. The predicted molar refractivity (Wildman–Crippen MR) is 128 cm³/mol. The zero-order chi connectivity index (χ0) is 24.5. The van der Waals surface area contributed by atoms with E-state index in [0.29, 0.717) is 48.5 Å². The lowest BCUT2D eigenvalue weighted by Gasteiger charge is -2.48. The van der Waals surface area contributed by atoms with E-state index >= 15 is 0 Å². The van der Waals surface area contributed by atoms with Crippen LogP contribution >= 0.6 is 0 Å². The summed E-state index contributed by atoms with van der Waals surface area (Å²) in [7, 11) is -3.49. The van der Waals surface area contributed by atoms with Gasteiger partial charge in [-0.3, -0.25) is 4.90 Å². The highest BCUT2D eigenvalue weighted by atomic mass is 32.2. The molecule has 2 aliphatic rings. The van der Waals surface area contributed by atoms with Gasteiger partial charge in [-0.05, 0) is 44.0 Å². The zero-order valence-corrected chi connectivity index (χ0v) is 20.9. The summed E-state index contributed by atoms with van der Waals surface area (Å²) in [6.45, 7) is 8.82. The van der Waals surface area contributed by atoms with E-state index in [1.807, 2.05) is 6.92 Å². The summed E-state index contributed by atoms with van der Waals surface area (Å²) >= 11 is 0. The average Bonchev–Trinajstić information content (AvgIpc) is 2.75. The first-order valence-electron chi connectivity index (χ1n) is 11.7. The van der Waals surface area contributed by atoms with Crippen molar-refractivity contribution < 1.29 is 22.3 Å². The maximum absolute atomic E-state index is 14.5. The molecule has 10 heteroatoms. The maximum Gasteiger partial charge on any atom is 0.221 e. The molecule has 0 spiro atoms. The van der Waals surface area contributed by atoms with E-state index in [-0.39, 0.29) is 16.7 Å². The molecule has 8 nitrogen and oxygen atoms in total. The maximum atomic E-state index is 14.5. The molecule has 2 fully saturated rings. The second-order valence-corrected chi connectivity index (χ2v) is 11.7. The Hall–Kier alpha value is -2.30. The van der Waals surface area contributed by atoms with E-state index in [1.165, 1.54) is 24.9 Å². The topological polar surface area (TPSA) is 93.7 Å². The summed E-state index contributed by atoms with van der Waals surface area (Å²) in [5.74, 6) is 0.863. The highest BCUT2D eigenvalue weighted by Gasteiger charge is 2.40. The number of benzene rings is 1. The largest absolute Gasteiger partial charge is 0.474 e. The Balaban J connectivity index is 1.46. The summed E-state index contributed by atoms with van der Waals surface area (Å²) < 4.78 is 50.0. The average molecular weight is 493 g/mol. The smallest absolute Gasteiger partial charge is 0.221 e. The molecule has 1 aromatic carbocycles. The van der Waals surface area contributed by atoms with E-state index < -0.39 is 15.7 Å². The van der Waals surface area contributed by atoms with Gasteiger partial charge in [0.2, 0.25) is 5.88 Å². The first kappa shape index (κ1) is 24.8. The lowest BCUT2D eigenvalue weighted by molar-refractivity contribution is -0.101. The first-order chi connectivity index (χ1) is 16.1. The number of halogens is 1. The number of aromatic nitrogens is 2. The third kappa shape index (κ3) is 5.67. The Bertz CT molecular complexity index is 1110. The molecule has 2 aliphatic heterocycles. The number of hydrogen-bond acceptors (Lipinski definition) is 8. The number of rotatable bonds is 8. The molecule has 0 amide bonds. The molecular formula is C24H33FN4O4S. The number of nitrogens with zero attached hydrogens (tertiary/aromatic N) is 3. The number of anilines is 2. The molecule has 2 unspecified atom stereocenters. The first-order valence-corrected chi connectivity index (χ1v) is 13.6. The number of hydrogen-bond donors (Lipinski definition) is 1. The standard InChI is InChI=1S/C24H33FN4O4S/c1-15(2)7-8-29-17-9-19(10-18(29)13-32-12-17)33-24-16(3)23(26-14-27-24)28-22-6-5-20(11-21(22)25)34(4,30)31/h5-6,11,14-15,17-19H,7-10,12-13H2,1-4H3,(H,26,27,28)/t17-,18?,19?/m1/s1. The van der Waals surface area contributed by atoms with Gasteiger partial charge < -0.3 is 14.8 Å². The van der Waals surface area contributed by atoms with Gasteiger partial charge in [0.1, 0.15) is 24.1 Å². The molecule has 186 valence electrons. The molecule has 3 heterocycles. The van der Waals surface area contributed by atoms with Crippen molar-refractivity contribution in [2.45, 2.75) is 63.1 Å². The van der Waals surface area contributed by atoms with Crippen LogP contribution in [0.15, 0.2) is 29.4 Å². The van der Waals surface area contributed by atoms with Crippen LogP contribution < -0.4 is 10.1 Å². The summed E-state index contributed by atoms with van der Waals surface area (Å²) in [6.07, 6.45) is 5.34. The number of piperidine rings is 1. The van der Waals surface area contributed by atoms with E-state index in [0.717, 1.165) is 31.7 Å². The Morgan fingerprint density at radius 1 is 1.24 bits per heavy atom.